The summed E-state index contributed by atoms with van der Waals surface area (Å²) >= 11 is 17.8. The minimum absolute atomic E-state index is 0.0717. The molecule has 8 heteroatoms. The molecule has 2 aromatic rings. The molecule has 0 saturated carbocycles. The summed E-state index contributed by atoms with van der Waals surface area (Å²) in [6.45, 7) is 0.202. The first-order valence-corrected chi connectivity index (χ1v) is 8.25. The molecule has 24 heavy (non-hydrogen) atoms. The Morgan fingerprint density at radius 1 is 1.25 bits per heavy atom. The Labute approximate surface area is 155 Å². The van der Waals surface area contributed by atoms with Crippen LogP contribution in [-0.4, -0.2) is 38.1 Å². The molecule has 1 atom stereocenters. The van der Waals surface area contributed by atoms with Gasteiger partial charge in [0, 0.05) is 12.6 Å². The number of carbonyl (C=O) groups is 1. The van der Waals surface area contributed by atoms with Gasteiger partial charge in [-0.15, -0.1) is 0 Å². The second kappa shape index (κ2) is 8.62. The van der Waals surface area contributed by atoms with Crippen LogP contribution in [0.5, 0.6) is 5.75 Å². The summed E-state index contributed by atoms with van der Waals surface area (Å²) in [6, 6.07) is 6.55. The van der Waals surface area contributed by atoms with Gasteiger partial charge in [0.15, 0.2) is 6.61 Å². The normalized spacial score (nSPS) is 12.2. The highest BCUT2D eigenvalue weighted by atomic mass is 35.5. The fraction of sp³-hybridized carbons (Fsp3) is 0.312. The van der Waals surface area contributed by atoms with E-state index in [4.69, 9.17) is 44.0 Å². The SMILES string of the molecule is CN(C)[C@@H](CNC(=O)COc1cc(Cl)c(Cl)cc1Cl)c1ccco1. The lowest BCUT2D eigenvalue weighted by molar-refractivity contribution is -0.123. The van der Waals surface area contributed by atoms with Gasteiger partial charge in [-0.05, 0) is 32.3 Å². The van der Waals surface area contributed by atoms with E-state index in [-0.39, 0.29) is 18.6 Å². The summed E-state index contributed by atoms with van der Waals surface area (Å²) in [5.41, 5.74) is 0. The van der Waals surface area contributed by atoms with E-state index in [2.05, 4.69) is 5.32 Å². The Morgan fingerprint density at radius 3 is 2.58 bits per heavy atom. The van der Waals surface area contributed by atoms with Crippen LogP contribution in [0.4, 0.5) is 0 Å². The lowest BCUT2D eigenvalue weighted by Crippen LogP contribution is -2.36. The zero-order chi connectivity index (χ0) is 17.7. The first-order chi connectivity index (χ1) is 11.4. The number of nitrogens with zero attached hydrogens (tertiary/aromatic N) is 1. The average molecular weight is 392 g/mol. The monoisotopic (exact) mass is 390 g/mol. The number of hydrogen-bond donors (Lipinski definition) is 1. The maximum Gasteiger partial charge on any atom is 0.258 e. The smallest absolute Gasteiger partial charge is 0.258 e. The standard InChI is InChI=1S/C16H17Cl3N2O3/c1-21(2)13(14-4-3-5-23-14)8-20-16(22)9-24-15-7-11(18)10(17)6-12(15)19/h3-7,13H,8-9H2,1-2H3,(H,20,22)/t13-/m0/s1. The molecule has 130 valence electrons. The second-order valence-electron chi connectivity index (χ2n) is 5.28. The molecule has 0 spiro atoms. The van der Waals surface area contributed by atoms with Gasteiger partial charge in [-0.3, -0.25) is 9.69 Å². The van der Waals surface area contributed by atoms with Crippen molar-refractivity contribution >= 4 is 40.7 Å². The van der Waals surface area contributed by atoms with Crippen molar-refractivity contribution in [3.05, 3.63) is 51.4 Å². The molecule has 0 unspecified atom stereocenters. The molecule has 1 heterocycles. The minimum atomic E-state index is -0.282. The molecule has 1 aromatic heterocycles. The van der Waals surface area contributed by atoms with Gasteiger partial charge in [-0.2, -0.15) is 0 Å². The van der Waals surface area contributed by atoms with E-state index in [0.29, 0.717) is 27.4 Å². The maximum atomic E-state index is 12.0. The second-order valence-corrected chi connectivity index (χ2v) is 6.51. The van der Waals surface area contributed by atoms with Crippen LogP contribution >= 0.6 is 34.8 Å². The van der Waals surface area contributed by atoms with Crippen LogP contribution in [0, 0.1) is 0 Å². The molecule has 0 aliphatic rings. The van der Waals surface area contributed by atoms with Crippen LogP contribution in [0.1, 0.15) is 11.8 Å². The Balaban J connectivity index is 1.88. The summed E-state index contributed by atoms with van der Waals surface area (Å²) in [5, 5.41) is 3.72. The van der Waals surface area contributed by atoms with Crippen molar-refractivity contribution < 1.29 is 13.9 Å². The molecule has 0 saturated heterocycles. The number of halogens is 3. The van der Waals surface area contributed by atoms with Gasteiger partial charge in [-0.25, -0.2) is 0 Å². The van der Waals surface area contributed by atoms with E-state index in [1.54, 1.807) is 6.26 Å². The van der Waals surface area contributed by atoms with Gasteiger partial charge < -0.3 is 14.5 Å². The van der Waals surface area contributed by atoms with Gasteiger partial charge in [0.2, 0.25) is 0 Å². The van der Waals surface area contributed by atoms with Crippen LogP contribution < -0.4 is 10.1 Å². The van der Waals surface area contributed by atoms with E-state index in [1.165, 1.54) is 12.1 Å². The molecule has 1 N–H and O–H groups in total. The predicted octanol–water partition coefficient (Wildman–Crippen LogP) is 4.04. The molecule has 0 fully saturated rings. The van der Waals surface area contributed by atoms with Crippen LogP contribution in [0.3, 0.4) is 0 Å². The van der Waals surface area contributed by atoms with Crippen LogP contribution in [-0.2, 0) is 4.79 Å². The van der Waals surface area contributed by atoms with Gasteiger partial charge in [0.05, 0.1) is 27.4 Å². The Hall–Kier alpha value is -1.40. The van der Waals surface area contributed by atoms with Crippen molar-refractivity contribution in [2.45, 2.75) is 6.04 Å². The topological polar surface area (TPSA) is 54.7 Å². The highest BCUT2D eigenvalue weighted by Crippen LogP contribution is 2.33. The summed E-state index contributed by atoms with van der Waals surface area (Å²) < 4.78 is 10.8. The van der Waals surface area contributed by atoms with Crippen LogP contribution in [0.2, 0.25) is 15.1 Å². The zero-order valence-corrected chi connectivity index (χ0v) is 15.5. The number of ether oxygens (including phenoxy) is 1. The number of rotatable bonds is 7. The molecular formula is C16H17Cl3N2O3. The molecule has 2 rings (SSSR count). The first kappa shape index (κ1) is 18.9. The van der Waals surface area contributed by atoms with Gasteiger partial charge in [0.1, 0.15) is 11.5 Å². The quantitative estimate of drug-likeness (QED) is 0.724. The first-order valence-electron chi connectivity index (χ1n) is 7.12. The summed E-state index contributed by atoms with van der Waals surface area (Å²) in [4.78, 5) is 13.9. The molecule has 1 aromatic carbocycles. The summed E-state index contributed by atoms with van der Waals surface area (Å²) in [5.74, 6) is 0.792. The highest BCUT2D eigenvalue weighted by Gasteiger charge is 2.18. The number of furan rings is 1. The fourth-order valence-electron chi connectivity index (χ4n) is 2.04. The van der Waals surface area contributed by atoms with Crippen molar-refractivity contribution in [3.8, 4) is 5.75 Å². The van der Waals surface area contributed by atoms with E-state index < -0.39 is 0 Å². The Bertz CT molecular complexity index is 690. The van der Waals surface area contributed by atoms with E-state index in [0.717, 1.165) is 5.76 Å². The predicted molar refractivity (Wildman–Crippen MR) is 95.1 cm³/mol. The third-order valence-corrected chi connectivity index (χ3v) is 4.34. The lowest BCUT2D eigenvalue weighted by atomic mass is 10.2. The lowest BCUT2D eigenvalue weighted by Gasteiger charge is -2.22. The third-order valence-electron chi connectivity index (χ3n) is 3.32. The summed E-state index contributed by atoms with van der Waals surface area (Å²) in [7, 11) is 3.82. The molecular weight excluding hydrogens is 375 g/mol. The number of amides is 1. The Morgan fingerprint density at radius 2 is 1.96 bits per heavy atom. The number of likely N-dealkylation sites (N-methyl/N-ethyl adjacent to an activating group) is 1. The van der Waals surface area contributed by atoms with Crippen molar-refractivity contribution in [1.29, 1.82) is 0 Å². The van der Waals surface area contributed by atoms with Crippen molar-refractivity contribution in [1.82, 2.24) is 10.2 Å². The van der Waals surface area contributed by atoms with Crippen molar-refractivity contribution in [2.75, 3.05) is 27.2 Å². The molecule has 0 aliphatic carbocycles. The zero-order valence-electron chi connectivity index (χ0n) is 13.2. The maximum absolute atomic E-state index is 12.0. The molecule has 5 nitrogen and oxygen atoms in total. The molecule has 0 aliphatic heterocycles. The van der Waals surface area contributed by atoms with Crippen LogP contribution in [0.15, 0.2) is 34.9 Å². The molecule has 0 radical (unpaired) electrons. The number of nitrogens with one attached hydrogen (secondary N) is 1. The largest absolute Gasteiger partial charge is 0.482 e. The van der Waals surface area contributed by atoms with Crippen LogP contribution in [0.25, 0.3) is 0 Å². The van der Waals surface area contributed by atoms with Gasteiger partial charge in [-0.1, -0.05) is 34.8 Å². The molecule has 1 amide bonds. The average Bonchev–Trinajstić information content (AvgIpc) is 3.03. The number of carbonyl (C=O) groups excluding carboxylic acids is 1. The Kier molecular flexibility index (Phi) is 6.80. The number of hydrogen-bond acceptors (Lipinski definition) is 4. The van der Waals surface area contributed by atoms with Crippen molar-refractivity contribution in [3.63, 3.8) is 0 Å². The van der Waals surface area contributed by atoms with Gasteiger partial charge >= 0.3 is 0 Å². The fourth-order valence-corrected chi connectivity index (χ4v) is 2.63. The van der Waals surface area contributed by atoms with E-state index in [9.17, 15) is 4.79 Å². The number of benzene rings is 1. The molecule has 0 bridgehead atoms. The van der Waals surface area contributed by atoms with E-state index >= 15 is 0 Å². The van der Waals surface area contributed by atoms with Gasteiger partial charge in [0.25, 0.3) is 5.91 Å². The minimum Gasteiger partial charge on any atom is -0.482 e. The van der Waals surface area contributed by atoms with E-state index in [1.807, 2.05) is 31.1 Å². The third kappa shape index (κ3) is 5.05. The van der Waals surface area contributed by atoms with Crippen molar-refractivity contribution in [2.24, 2.45) is 0 Å². The summed E-state index contributed by atoms with van der Waals surface area (Å²) in [6.07, 6.45) is 1.60. The highest BCUT2D eigenvalue weighted by molar-refractivity contribution is 6.43.